The summed E-state index contributed by atoms with van der Waals surface area (Å²) >= 11 is 0. The summed E-state index contributed by atoms with van der Waals surface area (Å²) < 4.78 is 14.2. The molecule has 1 aliphatic rings. The third kappa shape index (κ3) is 2.96. The molecule has 0 spiro atoms. The van der Waals surface area contributed by atoms with Gasteiger partial charge in [0.25, 0.3) is 0 Å². The molecule has 1 heterocycles. The van der Waals surface area contributed by atoms with E-state index in [4.69, 9.17) is 0 Å². The zero-order chi connectivity index (χ0) is 14.7. The quantitative estimate of drug-likeness (QED) is 0.914. The van der Waals surface area contributed by atoms with Crippen LogP contribution in [0.5, 0.6) is 0 Å². The van der Waals surface area contributed by atoms with Crippen molar-refractivity contribution in [1.29, 1.82) is 0 Å². The van der Waals surface area contributed by atoms with Gasteiger partial charge in [0.1, 0.15) is 5.82 Å². The molecule has 0 saturated carbocycles. The van der Waals surface area contributed by atoms with Gasteiger partial charge in [-0.15, -0.1) is 0 Å². The van der Waals surface area contributed by atoms with Gasteiger partial charge >= 0.3 is 0 Å². The summed E-state index contributed by atoms with van der Waals surface area (Å²) in [4.78, 5) is 4.79. The van der Waals surface area contributed by atoms with Gasteiger partial charge in [-0.2, -0.15) is 0 Å². The topological polar surface area (TPSA) is 18.5 Å². The molecule has 1 aliphatic heterocycles. The minimum atomic E-state index is -0.116. The first-order valence-electron chi connectivity index (χ1n) is 7.53. The molecule has 0 aliphatic carbocycles. The minimum Gasteiger partial charge on any atom is -0.368 e. The molecule has 1 saturated heterocycles. The normalized spacial score (nSPS) is 22.1. The number of hydrogen-bond acceptors (Lipinski definition) is 3. The largest absolute Gasteiger partial charge is 0.368 e. The highest BCUT2D eigenvalue weighted by Crippen LogP contribution is 2.30. The van der Waals surface area contributed by atoms with Crippen molar-refractivity contribution >= 4 is 5.69 Å². The molecule has 112 valence electrons. The first-order chi connectivity index (χ1) is 9.58. The van der Waals surface area contributed by atoms with Gasteiger partial charge in [-0.25, -0.2) is 4.39 Å². The van der Waals surface area contributed by atoms with E-state index in [1.165, 1.54) is 0 Å². The number of anilines is 1. The molecular weight excluding hydrogens is 253 g/mol. The second-order valence-electron chi connectivity index (χ2n) is 5.61. The Balaban J connectivity index is 2.27. The molecule has 2 rings (SSSR count). The van der Waals surface area contributed by atoms with E-state index in [0.29, 0.717) is 6.04 Å². The summed E-state index contributed by atoms with van der Waals surface area (Å²) in [5, 5.41) is 3.16. The Kier molecular flexibility index (Phi) is 5.00. The molecule has 1 fully saturated rings. The van der Waals surface area contributed by atoms with E-state index in [1.807, 2.05) is 26.1 Å². The van der Waals surface area contributed by atoms with Crippen molar-refractivity contribution in [3.63, 3.8) is 0 Å². The Morgan fingerprint density at radius 1 is 1.40 bits per heavy atom. The van der Waals surface area contributed by atoms with Crippen LogP contribution >= 0.6 is 0 Å². The summed E-state index contributed by atoms with van der Waals surface area (Å²) in [6.45, 7) is 10.5. The number of piperazine rings is 1. The first kappa shape index (κ1) is 15.3. The van der Waals surface area contributed by atoms with Crippen LogP contribution in [0.15, 0.2) is 18.2 Å². The second-order valence-corrected chi connectivity index (χ2v) is 5.61. The standard InChI is InChI=1S/C16H26FN3/c1-5-19-9-10-20(11-12(19)2)15-8-6-7-14(17)16(15)13(3)18-4/h6-8,12-13,18H,5,9-11H2,1-4H3. The summed E-state index contributed by atoms with van der Waals surface area (Å²) in [5.41, 5.74) is 1.82. The first-order valence-corrected chi connectivity index (χ1v) is 7.53. The maximum atomic E-state index is 14.2. The van der Waals surface area contributed by atoms with Gasteiger partial charge in [0.2, 0.25) is 0 Å². The fourth-order valence-corrected chi connectivity index (χ4v) is 3.06. The molecule has 2 unspecified atom stereocenters. The lowest BCUT2D eigenvalue weighted by atomic mass is 10.0. The number of hydrogen-bond donors (Lipinski definition) is 1. The number of nitrogens with one attached hydrogen (secondary N) is 1. The van der Waals surface area contributed by atoms with E-state index in [0.717, 1.165) is 37.4 Å². The van der Waals surface area contributed by atoms with Gasteiger partial charge < -0.3 is 10.2 Å². The van der Waals surface area contributed by atoms with Crippen LogP contribution in [0.2, 0.25) is 0 Å². The van der Waals surface area contributed by atoms with Crippen molar-refractivity contribution in [3.8, 4) is 0 Å². The van der Waals surface area contributed by atoms with Gasteiger partial charge in [0.15, 0.2) is 0 Å². The molecule has 0 aromatic heterocycles. The third-order valence-corrected chi connectivity index (χ3v) is 4.41. The molecule has 2 atom stereocenters. The molecule has 0 amide bonds. The number of rotatable bonds is 4. The SMILES string of the molecule is CCN1CCN(c2cccc(F)c2C(C)NC)CC1C. The minimum absolute atomic E-state index is 0.0192. The van der Waals surface area contributed by atoms with Crippen LogP contribution in [-0.2, 0) is 0 Å². The predicted molar refractivity (Wildman–Crippen MR) is 82.8 cm³/mol. The van der Waals surface area contributed by atoms with E-state index < -0.39 is 0 Å². The van der Waals surface area contributed by atoms with Crippen molar-refractivity contribution in [3.05, 3.63) is 29.6 Å². The van der Waals surface area contributed by atoms with Crippen molar-refractivity contribution < 1.29 is 4.39 Å². The summed E-state index contributed by atoms with van der Waals surface area (Å²) in [5.74, 6) is -0.116. The zero-order valence-electron chi connectivity index (χ0n) is 13.0. The average Bonchev–Trinajstić information content (AvgIpc) is 2.46. The molecule has 1 N–H and O–H groups in total. The van der Waals surface area contributed by atoms with Crippen molar-refractivity contribution in [1.82, 2.24) is 10.2 Å². The molecular formula is C16H26FN3. The van der Waals surface area contributed by atoms with E-state index in [2.05, 4.69) is 29.0 Å². The Morgan fingerprint density at radius 2 is 2.15 bits per heavy atom. The molecule has 0 bridgehead atoms. The van der Waals surface area contributed by atoms with Crippen LogP contribution in [0.4, 0.5) is 10.1 Å². The number of benzene rings is 1. The maximum absolute atomic E-state index is 14.2. The monoisotopic (exact) mass is 279 g/mol. The van der Waals surface area contributed by atoms with Gasteiger partial charge in [0.05, 0.1) is 0 Å². The van der Waals surface area contributed by atoms with Crippen molar-refractivity contribution in [2.45, 2.75) is 32.9 Å². The Bertz CT molecular complexity index is 449. The highest BCUT2D eigenvalue weighted by molar-refractivity contribution is 5.56. The van der Waals surface area contributed by atoms with E-state index in [9.17, 15) is 4.39 Å². The molecule has 1 aromatic carbocycles. The van der Waals surface area contributed by atoms with Crippen LogP contribution in [0.3, 0.4) is 0 Å². The van der Waals surface area contributed by atoms with E-state index >= 15 is 0 Å². The number of halogens is 1. The fourth-order valence-electron chi connectivity index (χ4n) is 3.06. The second kappa shape index (κ2) is 6.55. The van der Waals surface area contributed by atoms with Gasteiger partial charge in [-0.3, -0.25) is 4.90 Å². The predicted octanol–water partition coefficient (Wildman–Crippen LogP) is 2.64. The van der Waals surface area contributed by atoms with Crippen LogP contribution in [0.1, 0.15) is 32.4 Å². The highest BCUT2D eigenvalue weighted by atomic mass is 19.1. The third-order valence-electron chi connectivity index (χ3n) is 4.41. The Labute approximate surface area is 121 Å². The smallest absolute Gasteiger partial charge is 0.130 e. The van der Waals surface area contributed by atoms with Gasteiger partial charge in [-0.1, -0.05) is 13.0 Å². The Morgan fingerprint density at radius 3 is 2.75 bits per heavy atom. The van der Waals surface area contributed by atoms with Crippen LogP contribution in [0, 0.1) is 5.82 Å². The molecule has 1 aromatic rings. The molecule has 20 heavy (non-hydrogen) atoms. The van der Waals surface area contributed by atoms with Crippen LogP contribution < -0.4 is 10.2 Å². The van der Waals surface area contributed by atoms with Crippen LogP contribution in [-0.4, -0.2) is 44.2 Å². The van der Waals surface area contributed by atoms with Crippen LogP contribution in [0.25, 0.3) is 0 Å². The lowest BCUT2D eigenvalue weighted by Gasteiger charge is -2.41. The van der Waals surface area contributed by atoms with E-state index in [1.54, 1.807) is 6.07 Å². The summed E-state index contributed by atoms with van der Waals surface area (Å²) in [6, 6.07) is 5.94. The maximum Gasteiger partial charge on any atom is 0.130 e. The summed E-state index contributed by atoms with van der Waals surface area (Å²) in [6.07, 6.45) is 0. The van der Waals surface area contributed by atoms with Gasteiger partial charge in [0, 0.05) is 43.0 Å². The molecule has 4 heteroatoms. The molecule has 0 radical (unpaired) electrons. The lowest BCUT2D eigenvalue weighted by molar-refractivity contribution is 0.199. The average molecular weight is 279 g/mol. The number of likely N-dealkylation sites (N-methyl/N-ethyl adjacent to an activating group) is 1. The van der Waals surface area contributed by atoms with E-state index in [-0.39, 0.29) is 11.9 Å². The number of nitrogens with zero attached hydrogens (tertiary/aromatic N) is 2. The Hall–Kier alpha value is -1.13. The fraction of sp³-hybridized carbons (Fsp3) is 0.625. The zero-order valence-corrected chi connectivity index (χ0v) is 13.0. The lowest BCUT2D eigenvalue weighted by Crippen LogP contribution is -2.52. The highest BCUT2D eigenvalue weighted by Gasteiger charge is 2.25. The summed E-state index contributed by atoms with van der Waals surface area (Å²) in [7, 11) is 1.87. The molecule has 3 nitrogen and oxygen atoms in total. The van der Waals surface area contributed by atoms with Gasteiger partial charge in [-0.05, 0) is 39.6 Å². The van der Waals surface area contributed by atoms with Crippen molar-refractivity contribution in [2.24, 2.45) is 0 Å². The van der Waals surface area contributed by atoms with Crippen molar-refractivity contribution in [2.75, 3.05) is 38.1 Å².